The minimum atomic E-state index is -0.184. The summed E-state index contributed by atoms with van der Waals surface area (Å²) < 4.78 is 6.94. The highest BCUT2D eigenvalue weighted by Gasteiger charge is 2.24. The van der Waals surface area contributed by atoms with E-state index < -0.39 is 0 Å². The highest BCUT2D eigenvalue weighted by Crippen LogP contribution is 2.27. The lowest BCUT2D eigenvalue weighted by Gasteiger charge is -2.32. The van der Waals surface area contributed by atoms with Crippen LogP contribution in [0.1, 0.15) is 48.8 Å². The third-order valence-electron chi connectivity index (χ3n) is 4.95. The number of aromatic nitrogens is 3. The van der Waals surface area contributed by atoms with Crippen LogP contribution >= 0.6 is 0 Å². The van der Waals surface area contributed by atoms with Crippen molar-refractivity contribution in [2.45, 2.75) is 39.3 Å². The van der Waals surface area contributed by atoms with E-state index in [-0.39, 0.29) is 17.7 Å². The number of rotatable bonds is 7. The Balaban J connectivity index is 1.61. The number of hydrogen-bond acceptors (Lipinski definition) is 6. The predicted molar refractivity (Wildman–Crippen MR) is 105 cm³/mol. The molecule has 1 aliphatic rings. The van der Waals surface area contributed by atoms with Crippen LogP contribution in [0.3, 0.4) is 0 Å². The summed E-state index contributed by atoms with van der Waals surface area (Å²) in [6, 6.07) is 5.55. The summed E-state index contributed by atoms with van der Waals surface area (Å²) in [6.45, 7) is 7.13. The molecule has 8 heteroatoms. The smallest absolute Gasteiger partial charge is 0.273 e. The minimum Gasteiger partial charge on any atom is -0.507 e. The molecule has 1 saturated heterocycles. The van der Waals surface area contributed by atoms with Gasteiger partial charge in [-0.25, -0.2) is 4.68 Å². The van der Waals surface area contributed by atoms with E-state index in [0.29, 0.717) is 30.5 Å². The van der Waals surface area contributed by atoms with Crippen LogP contribution in [0.4, 0.5) is 0 Å². The predicted octanol–water partition coefficient (Wildman–Crippen LogP) is 2.22. The van der Waals surface area contributed by atoms with Crippen LogP contribution < -0.4 is 10.1 Å². The van der Waals surface area contributed by atoms with Crippen LogP contribution in [0.2, 0.25) is 0 Å². The van der Waals surface area contributed by atoms with Crippen molar-refractivity contribution in [3.63, 3.8) is 0 Å². The fraction of sp³-hybridized carbons (Fsp3) is 0.550. The number of likely N-dealkylation sites (tertiary alicyclic amines) is 1. The van der Waals surface area contributed by atoms with Crippen LogP contribution in [0.25, 0.3) is 0 Å². The quantitative estimate of drug-likeness (QED) is 0.757. The van der Waals surface area contributed by atoms with Gasteiger partial charge in [0.15, 0.2) is 5.69 Å². The summed E-state index contributed by atoms with van der Waals surface area (Å²) in [6.07, 6.45) is 3.74. The number of methoxy groups -OCH3 is 1. The molecule has 1 amide bonds. The number of phenolic OH excluding ortho intramolecular Hbond substituents is 1. The van der Waals surface area contributed by atoms with E-state index in [9.17, 15) is 9.90 Å². The van der Waals surface area contributed by atoms with Crippen molar-refractivity contribution in [3.8, 4) is 11.5 Å². The van der Waals surface area contributed by atoms with Crippen molar-refractivity contribution < 1.29 is 14.6 Å². The van der Waals surface area contributed by atoms with Gasteiger partial charge in [-0.05, 0) is 31.4 Å². The van der Waals surface area contributed by atoms with Crippen LogP contribution in [-0.2, 0) is 6.54 Å². The zero-order chi connectivity index (χ0) is 20.1. The van der Waals surface area contributed by atoms with Gasteiger partial charge in [-0.3, -0.25) is 9.69 Å². The lowest BCUT2D eigenvalue weighted by Crippen LogP contribution is -2.36. The number of carbonyl (C=O) groups is 1. The Kier molecular flexibility index (Phi) is 6.51. The van der Waals surface area contributed by atoms with Crippen molar-refractivity contribution in [2.75, 3.05) is 26.7 Å². The molecule has 1 fully saturated rings. The number of nitrogens with zero attached hydrogens (tertiary/aromatic N) is 4. The molecule has 1 aromatic carbocycles. The van der Waals surface area contributed by atoms with E-state index in [1.54, 1.807) is 24.1 Å². The first-order valence-corrected chi connectivity index (χ1v) is 9.74. The summed E-state index contributed by atoms with van der Waals surface area (Å²) in [5, 5.41) is 21.3. The summed E-state index contributed by atoms with van der Waals surface area (Å²) in [5.41, 5.74) is 1.22. The molecule has 2 N–H and O–H groups in total. The Bertz CT molecular complexity index is 805. The van der Waals surface area contributed by atoms with Gasteiger partial charge in [-0.1, -0.05) is 25.1 Å². The van der Waals surface area contributed by atoms with Gasteiger partial charge in [-0.2, -0.15) is 0 Å². The molecule has 0 radical (unpaired) electrons. The first-order valence-electron chi connectivity index (χ1n) is 9.74. The monoisotopic (exact) mass is 387 g/mol. The molecule has 2 aromatic rings. The van der Waals surface area contributed by atoms with Gasteiger partial charge in [0.25, 0.3) is 5.91 Å². The first kappa shape index (κ1) is 20.1. The first-order chi connectivity index (χ1) is 13.5. The number of hydrogen-bond donors (Lipinski definition) is 2. The van der Waals surface area contributed by atoms with E-state index in [0.717, 1.165) is 31.5 Å². The number of piperidine rings is 1. The molecule has 0 bridgehead atoms. The van der Waals surface area contributed by atoms with Gasteiger partial charge in [0.2, 0.25) is 0 Å². The summed E-state index contributed by atoms with van der Waals surface area (Å²) in [5.74, 6) is 1.09. The molecule has 8 nitrogen and oxygen atoms in total. The van der Waals surface area contributed by atoms with E-state index >= 15 is 0 Å². The van der Waals surface area contributed by atoms with E-state index in [1.165, 1.54) is 0 Å². The molecule has 28 heavy (non-hydrogen) atoms. The highest BCUT2D eigenvalue weighted by molar-refractivity contribution is 5.91. The third-order valence-corrected chi connectivity index (χ3v) is 4.95. The Morgan fingerprint density at radius 1 is 1.43 bits per heavy atom. The van der Waals surface area contributed by atoms with Gasteiger partial charge in [0, 0.05) is 31.3 Å². The molecule has 1 aliphatic heterocycles. The maximum atomic E-state index is 12.2. The molecule has 1 atom stereocenters. The largest absolute Gasteiger partial charge is 0.507 e. The zero-order valence-electron chi connectivity index (χ0n) is 16.8. The van der Waals surface area contributed by atoms with E-state index in [4.69, 9.17) is 4.74 Å². The van der Waals surface area contributed by atoms with Crippen molar-refractivity contribution >= 4 is 5.91 Å². The van der Waals surface area contributed by atoms with Gasteiger partial charge >= 0.3 is 0 Å². The Hall–Kier alpha value is -2.61. The Morgan fingerprint density at radius 3 is 2.96 bits per heavy atom. The number of benzene rings is 1. The number of aromatic hydroxyl groups is 1. The van der Waals surface area contributed by atoms with E-state index in [2.05, 4.69) is 20.5 Å². The SMILES string of the molecule is COc1ccc(CN2CCC[C@H](n3cc(C(=O)NCC(C)C)nn3)C2)c(O)c1. The highest BCUT2D eigenvalue weighted by atomic mass is 16.5. The molecule has 2 heterocycles. The maximum Gasteiger partial charge on any atom is 0.273 e. The molecule has 0 spiro atoms. The summed E-state index contributed by atoms with van der Waals surface area (Å²) in [4.78, 5) is 14.5. The number of nitrogens with one attached hydrogen (secondary N) is 1. The maximum absolute atomic E-state index is 12.2. The molecule has 152 valence electrons. The van der Waals surface area contributed by atoms with Crippen molar-refractivity contribution in [1.29, 1.82) is 0 Å². The normalized spacial score (nSPS) is 17.6. The average Bonchev–Trinajstić information content (AvgIpc) is 3.18. The van der Waals surface area contributed by atoms with Gasteiger partial charge < -0.3 is 15.2 Å². The van der Waals surface area contributed by atoms with Gasteiger partial charge in [0.1, 0.15) is 11.5 Å². The van der Waals surface area contributed by atoms with Crippen molar-refractivity contribution in [1.82, 2.24) is 25.2 Å². The van der Waals surface area contributed by atoms with Crippen LogP contribution in [-0.4, -0.2) is 57.7 Å². The van der Waals surface area contributed by atoms with Crippen molar-refractivity contribution in [3.05, 3.63) is 35.7 Å². The lowest BCUT2D eigenvalue weighted by molar-refractivity contribution is 0.0944. The van der Waals surface area contributed by atoms with Crippen LogP contribution in [0, 0.1) is 5.92 Å². The molecule has 0 unspecified atom stereocenters. The molecule has 3 rings (SSSR count). The topological polar surface area (TPSA) is 92.5 Å². The lowest BCUT2D eigenvalue weighted by atomic mass is 10.0. The minimum absolute atomic E-state index is 0.160. The molecule has 0 aliphatic carbocycles. The summed E-state index contributed by atoms with van der Waals surface area (Å²) in [7, 11) is 1.58. The average molecular weight is 387 g/mol. The second kappa shape index (κ2) is 9.05. The number of ether oxygens (including phenoxy) is 1. The summed E-state index contributed by atoms with van der Waals surface area (Å²) >= 11 is 0. The number of phenols is 1. The second-order valence-electron chi connectivity index (χ2n) is 7.71. The van der Waals surface area contributed by atoms with Crippen LogP contribution in [0.15, 0.2) is 24.4 Å². The molecular weight excluding hydrogens is 358 g/mol. The molecule has 0 saturated carbocycles. The number of carbonyl (C=O) groups excluding carboxylic acids is 1. The van der Waals surface area contributed by atoms with Crippen molar-refractivity contribution in [2.24, 2.45) is 5.92 Å². The number of amides is 1. The molecule has 1 aromatic heterocycles. The Morgan fingerprint density at radius 2 is 2.25 bits per heavy atom. The van der Waals surface area contributed by atoms with Crippen LogP contribution in [0.5, 0.6) is 11.5 Å². The standard InChI is InChI=1S/C20H29N5O3/c1-14(2)10-21-20(27)18-13-25(23-22-18)16-5-4-8-24(12-16)11-15-6-7-17(28-3)9-19(15)26/h6-7,9,13-14,16,26H,4-5,8,10-12H2,1-3H3,(H,21,27)/t16-/m0/s1. The fourth-order valence-electron chi connectivity index (χ4n) is 3.38. The third kappa shape index (κ3) is 5.01. The van der Waals surface area contributed by atoms with Gasteiger partial charge in [-0.15, -0.1) is 5.10 Å². The molecular formula is C20H29N5O3. The fourth-order valence-corrected chi connectivity index (χ4v) is 3.38. The van der Waals surface area contributed by atoms with E-state index in [1.807, 2.05) is 26.0 Å². The zero-order valence-corrected chi connectivity index (χ0v) is 16.8. The van der Waals surface area contributed by atoms with Gasteiger partial charge in [0.05, 0.1) is 19.3 Å². The second-order valence-corrected chi connectivity index (χ2v) is 7.71. The Labute approximate surface area is 165 Å².